The van der Waals surface area contributed by atoms with E-state index in [1.807, 2.05) is 78.2 Å². The Morgan fingerprint density at radius 1 is 0.769 bits per heavy atom. The van der Waals surface area contributed by atoms with Crippen molar-refractivity contribution in [3.05, 3.63) is 101 Å². The van der Waals surface area contributed by atoms with Crippen molar-refractivity contribution >= 4 is 33.1 Å². The first-order valence-electron chi connectivity index (χ1n) is 13.4. The minimum Gasteiger partial charge on any atom is -0.325 e. The van der Waals surface area contributed by atoms with Crippen LogP contribution in [0.3, 0.4) is 0 Å². The predicted octanol–water partition coefficient (Wildman–Crippen LogP) is 7.11. The van der Waals surface area contributed by atoms with E-state index in [1.165, 1.54) is 5.39 Å². The molecule has 0 saturated heterocycles. The van der Waals surface area contributed by atoms with Gasteiger partial charge in [0, 0.05) is 12.2 Å². The van der Waals surface area contributed by atoms with Crippen LogP contribution in [0.2, 0.25) is 0 Å². The molecule has 1 atom stereocenters. The summed E-state index contributed by atoms with van der Waals surface area (Å²) in [6.45, 7) is 8.96. The molecular weight excluding hydrogens is 504 g/mol. The number of benzene rings is 4. The fraction of sp³-hybridized carbons (Fsp3) is 0.303. The lowest BCUT2D eigenvalue weighted by atomic mass is 9.83. The maximum atomic E-state index is 13.6. The summed E-state index contributed by atoms with van der Waals surface area (Å²) in [7, 11) is 0.908. The number of thiol groups is 1. The molecule has 1 unspecified atom stereocenters. The summed E-state index contributed by atoms with van der Waals surface area (Å²) in [6, 6.07) is 26.3. The molecule has 1 N–H and O–H groups in total. The third-order valence-corrected chi connectivity index (χ3v) is 7.94. The summed E-state index contributed by atoms with van der Waals surface area (Å²) in [5.74, 6) is -0.490. The highest BCUT2D eigenvalue weighted by Crippen LogP contribution is 2.39. The minimum absolute atomic E-state index is 0.0217. The molecule has 0 aliphatic rings. The molecule has 0 bridgehead atoms. The van der Waals surface area contributed by atoms with E-state index in [0.717, 1.165) is 39.7 Å². The Labute approximate surface area is 233 Å². The quantitative estimate of drug-likeness (QED) is 0.221. The van der Waals surface area contributed by atoms with Gasteiger partial charge in [0.05, 0.1) is 0 Å². The van der Waals surface area contributed by atoms with Gasteiger partial charge in [0.15, 0.2) is 16.0 Å². The van der Waals surface area contributed by atoms with Crippen LogP contribution in [0.25, 0.3) is 21.9 Å². The molecule has 0 spiro atoms. The Morgan fingerprint density at radius 3 is 1.90 bits per heavy atom. The number of amides is 1. The maximum Gasteiger partial charge on any atom is 0.247 e. The smallest absolute Gasteiger partial charge is 0.247 e. The van der Waals surface area contributed by atoms with Gasteiger partial charge in [-0.1, -0.05) is 88.4 Å². The molecule has 0 aliphatic heterocycles. The van der Waals surface area contributed by atoms with Gasteiger partial charge in [0.2, 0.25) is 5.91 Å². The summed E-state index contributed by atoms with van der Waals surface area (Å²) >= 11 is 0. The normalized spacial score (nSPS) is 12.6. The lowest BCUT2D eigenvalue weighted by molar-refractivity contribution is -0.115. The number of carbonyl (C=O) groups is 1. The van der Waals surface area contributed by atoms with Crippen molar-refractivity contribution in [3.8, 4) is 11.1 Å². The average Bonchev–Trinajstić information content (AvgIpc) is 2.88. The summed E-state index contributed by atoms with van der Waals surface area (Å²) < 4.78 is 25.5. The van der Waals surface area contributed by atoms with Gasteiger partial charge in [-0.05, 0) is 88.3 Å². The second-order valence-electron chi connectivity index (χ2n) is 11.1. The number of fused-ring (bicyclic) bond motifs is 1. The van der Waals surface area contributed by atoms with Crippen LogP contribution in [0, 0.1) is 0 Å². The average molecular weight is 543 g/mol. The Bertz CT molecular complexity index is 1520. The van der Waals surface area contributed by atoms with Crippen molar-refractivity contribution in [2.45, 2.75) is 51.3 Å². The number of rotatable bonds is 9. The van der Waals surface area contributed by atoms with Crippen LogP contribution in [0.4, 0.5) is 5.69 Å². The predicted molar refractivity (Wildman–Crippen MR) is 163 cm³/mol. The zero-order valence-electron chi connectivity index (χ0n) is 23.6. The molecule has 39 heavy (non-hydrogen) atoms. The van der Waals surface area contributed by atoms with Crippen LogP contribution in [-0.4, -0.2) is 33.3 Å². The van der Waals surface area contributed by atoms with Gasteiger partial charge in [-0.15, -0.1) is 0 Å². The molecular formula is C33H38N2O3S. The Kier molecular flexibility index (Phi) is 8.88. The number of nitrogens with zero attached hydrogens (tertiary/aromatic N) is 1. The van der Waals surface area contributed by atoms with Crippen LogP contribution < -0.4 is 5.32 Å². The molecule has 1 amide bonds. The standard InChI is InChI=1S/C33H38N2O3S/c1-21(2)29-18-27(26-14-13-24-9-7-8-10-25(24)17-26)19-30(22(3)4)31(29)32(39(37)38)33(36)34-28-15-11-23(12-16-28)20-35(5)6/h7-19,21-22,32,39H,20H2,1-6H3,(H,34,36). The Hall–Kier alpha value is -3.48. The number of hydrogen-bond acceptors (Lipinski definition) is 4. The molecule has 0 aliphatic carbocycles. The van der Waals surface area contributed by atoms with Crippen molar-refractivity contribution < 1.29 is 13.2 Å². The molecule has 0 heterocycles. The van der Waals surface area contributed by atoms with E-state index in [9.17, 15) is 13.2 Å². The van der Waals surface area contributed by atoms with E-state index in [1.54, 1.807) is 0 Å². The second-order valence-corrected chi connectivity index (χ2v) is 12.1. The SMILES string of the molecule is CC(C)c1cc(-c2ccc3ccccc3c2)cc(C(C)C)c1C(C(=O)Nc1ccc(CN(C)C)cc1)[SH](=O)=O. The highest BCUT2D eigenvalue weighted by atomic mass is 32.2. The molecule has 204 valence electrons. The molecule has 0 fully saturated rings. The second kappa shape index (κ2) is 12.1. The third-order valence-electron chi connectivity index (χ3n) is 7.02. The first-order chi connectivity index (χ1) is 18.5. The van der Waals surface area contributed by atoms with E-state index in [0.29, 0.717) is 11.3 Å². The summed E-state index contributed by atoms with van der Waals surface area (Å²) in [5.41, 5.74) is 6.13. The van der Waals surface area contributed by atoms with Crippen LogP contribution in [0.5, 0.6) is 0 Å². The molecule has 0 saturated carbocycles. The van der Waals surface area contributed by atoms with Crippen molar-refractivity contribution in [1.29, 1.82) is 0 Å². The van der Waals surface area contributed by atoms with E-state index in [4.69, 9.17) is 0 Å². The monoisotopic (exact) mass is 542 g/mol. The van der Waals surface area contributed by atoms with Gasteiger partial charge in [0.25, 0.3) is 0 Å². The summed E-state index contributed by atoms with van der Waals surface area (Å²) in [4.78, 5) is 15.6. The number of carbonyl (C=O) groups excluding carboxylic acids is 1. The number of nitrogens with one attached hydrogen (secondary N) is 1. The van der Waals surface area contributed by atoms with Crippen molar-refractivity contribution in [3.63, 3.8) is 0 Å². The molecule has 6 heteroatoms. The molecule has 5 nitrogen and oxygen atoms in total. The number of hydrogen-bond donors (Lipinski definition) is 2. The molecule has 4 rings (SSSR count). The topological polar surface area (TPSA) is 66.5 Å². The largest absolute Gasteiger partial charge is 0.325 e. The van der Waals surface area contributed by atoms with Crippen LogP contribution in [0.15, 0.2) is 78.9 Å². The Balaban J connectivity index is 1.78. The van der Waals surface area contributed by atoms with E-state index in [2.05, 4.69) is 52.7 Å². The van der Waals surface area contributed by atoms with E-state index < -0.39 is 21.9 Å². The first-order valence-corrected chi connectivity index (χ1v) is 14.6. The zero-order chi connectivity index (χ0) is 28.3. The van der Waals surface area contributed by atoms with Crippen molar-refractivity contribution in [1.82, 2.24) is 4.90 Å². The van der Waals surface area contributed by atoms with Gasteiger partial charge < -0.3 is 10.2 Å². The van der Waals surface area contributed by atoms with Crippen LogP contribution in [-0.2, 0) is 22.0 Å². The fourth-order valence-corrected chi connectivity index (χ4v) is 5.87. The van der Waals surface area contributed by atoms with Crippen molar-refractivity contribution in [2.75, 3.05) is 19.4 Å². The minimum atomic E-state index is -3.08. The molecule has 0 aromatic heterocycles. The molecule has 4 aromatic carbocycles. The number of anilines is 1. The molecule has 4 aromatic rings. The third kappa shape index (κ3) is 6.57. The lowest BCUT2D eigenvalue weighted by Gasteiger charge is -2.25. The van der Waals surface area contributed by atoms with Crippen LogP contribution >= 0.6 is 0 Å². The molecule has 0 radical (unpaired) electrons. The van der Waals surface area contributed by atoms with E-state index >= 15 is 0 Å². The van der Waals surface area contributed by atoms with Gasteiger partial charge in [-0.25, -0.2) is 8.42 Å². The first kappa shape index (κ1) is 28.5. The maximum absolute atomic E-state index is 13.6. The fourth-order valence-electron chi connectivity index (χ4n) is 5.11. The van der Waals surface area contributed by atoms with Gasteiger partial charge in [-0.3, -0.25) is 4.79 Å². The Morgan fingerprint density at radius 2 is 1.36 bits per heavy atom. The highest BCUT2D eigenvalue weighted by molar-refractivity contribution is 7.73. The lowest BCUT2D eigenvalue weighted by Crippen LogP contribution is -2.25. The zero-order valence-corrected chi connectivity index (χ0v) is 24.5. The van der Waals surface area contributed by atoms with E-state index in [-0.39, 0.29) is 11.8 Å². The van der Waals surface area contributed by atoms with Crippen LogP contribution in [0.1, 0.15) is 67.0 Å². The summed E-state index contributed by atoms with van der Waals surface area (Å²) in [6.07, 6.45) is 0. The van der Waals surface area contributed by atoms with Crippen molar-refractivity contribution in [2.24, 2.45) is 0 Å². The highest BCUT2D eigenvalue weighted by Gasteiger charge is 2.31. The van der Waals surface area contributed by atoms with Gasteiger partial charge >= 0.3 is 0 Å². The van der Waals surface area contributed by atoms with Gasteiger partial charge in [0.1, 0.15) is 0 Å². The summed E-state index contributed by atoms with van der Waals surface area (Å²) in [5, 5.41) is 3.89. The van der Waals surface area contributed by atoms with Gasteiger partial charge in [-0.2, -0.15) is 0 Å².